The molecular weight excluding hydrogens is 372 g/mol. The van der Waals surface area contributed by atoms with Gasteiger partial charge in [0.15, 0.2) is 0 Å². The summed E-state index contributed by atoms with van der Waals surface area (Å²) < 4.78 is 5.30. The normalized spacial score (nSPS) is 20.3. The highest BCUT2D eigenvalue weighted by Crippen LogP contribution is 2.58. The number of carbonyl (C=O) groups excluding carboxylic acids is 1. The Kier molecular flexibility index (Phi) is 8.06. The monoisotopic (exact) mass is 406 g/mol. The quantitative estimate of drug-likeness (QED) is 0.388. The smallest absolute Gasteiger partial charge is 0.243 e. The first-order chi connectivity index (χ1) is 14.7. The Bertz CT molecular complexity index is 817. The van der Waals surface area contributed by atoms with Crippen LogP contribution in [0.2, 0.25) is 0 Å². The predicted molar refractivity (Wildman–Crippen MR) is 122 cm³/mol. The fourth-order valence-electron chi connectivity index (χ4n) is 4.24. The lowest BCUT2D eigenvalue weighted by atomic mass is 9.87. The molecule has 160 valence electrons. The maximum absolute atomic E-state index is 12.2. The van der Waals surface area contributed by atoms with Gasteiger partial charge in [0.1, 0.15) is 5.75 Å². The number of amides is 1. The molecule has 1 saturated carbocycles. The van der Waals surface area contributed by atoms with Gasteiger partial charge in [-0.25, -0.2) is 0 Å². The molecule has 2 atom stereocenters. The first-order valence-corrected chi connectivity index (χ1v) is 11.2. The molecule has 0 unspecified atom stereocenters. The zero-order valence-electron chi connectivity index (χ0n) is 18.3. The molecule has 4 heteroatoms. The number of rotatable bonds is 12. The van der Waals surface area contributed by atoms with E-state index >= 15 is 0 Å². The van der Waals surface area contributed by atoms with E-state index in [4.69, 9.17) is 4.74 Å². The van der Waals surface area contributed by atoms with E-state index in [1.165, 1.54) is 30.4 Å². The zero-order valence-corrected chi connectivity index (χ0v) is 18.3. The van der Waals surface area contributed by atoms with Crippen molar-refractivity contribution in [3.63, 3.8) is 0 Å². The van der Waals surface area contributed by atoms with Crippen LogP contribution < -0.4 is 10.1 Å². The van der Waals surface area contributed by atoms with Crippen LogP contribution in [0.4, 0.5) is 0 Å². The van der Waals surface area contributed by atoms with Crippen molar-refractivity contribution in [3.05, 3.63) is 72.1 Å². The number of ether oxygens (including phenoxy) is 1. The molecule has 1 heterocycles. The fraction of sp³-hybridized carbons (Fsp3) is 0.462. The number of nitrogens with zero attached hydrogens (tertiary/aromatic N) is 1. The third-order valence-corrected chi connectivity index (χ3v) is 6.17. The third-order valence-electron chi connectivity index (χ3n) is 6.17. The Morgan fingerprint density at radius 3 is 2.77 bits per heavy atom. The van der Waals surface area contributed by atoms with Crippen LogP contribution in [0, 0.1) is 5.92 Å². The Morgan fingerprint density at radius 2 is 2.07 bits per heavy atom. The van der Waals surface area contributed by atoms with Crippen molar-refractivity contribution < 1.29 is 9.53 Å². The van der Waals surface area contributed by atoms with Crippen LogP contribution >= 0.6 is 0 Å². The van der Waals surface area contributed by atoms with E-state index in [1.54, 1.807) is 19.4 Å². The summed E-state index contributed by atoms with van der Waals surface area (Å²) in [6, 6.07) is 12.5. The van der Waals surface area contributed by atoms with Crippen LogP contribution in [-0.4, -0.2) is 24.5 Å². The molecule has 1 aromatic heterocycles. The van der Waals surface area contributed by atoms with Crippen molar-refractivity contribution in [2.45, 2.75) is 57.3 Å². The summed E-state index contributed by atoms with van der Waals surface area (Å²) >= 11 is 0. The van der Waals surface area contributed by atoms with Gasteiger partial charge < -0.3 is 10.1 Å². The minimum Gasteiger partial charge on any atom is -0.497 e. The molecule has 0 radical (unpaired) electrons. The topological polar surface area (TPSA) is 51.2 Å². The molecule has 0 aliphatic heterocycles. The number of nitrogens with one attached hydrogen (secondary N) is 1. The van der Waals surface area contributed by atoms with Crippen LogP contribution in [-0.2, 0) is 16.6 Å². The van der Waals surface area contributed by atoms with Crippen LogP contribution in [0.5, 0.6) is 5.75 Å². The lowest BCUT2D eigenvalue weighted by molar-refractivity contribution is -0.116. The van der Waals surface area contributed by atoms with Crippen molar-refractivity contribution in [2.75, 3.05) is 13.7 Å². The van der Waals surface area contributed by atoms with E-state index in [0.29, 0.717) is 12.5 Å². The standard InChI is InChI=1S/C26H34N2O2/c1-3-4-16-26(22-10-13-24(30-2)14-11-22)19-23(26)12-15-25(29)28-18-6-5-8-21-9-7-17-27-20-21/h7,9-15,17,20,23H,3-6,8,16,18-19H2,1-2H3,(H,28,29)/t23-,26-/m1/s1. The maximum atomic E-state index is 12.2. The number of pyridine rings is 1. The van der Waals surface area contributed by atoms with Crippen molar-refractivity contribution in [3.8, 4) is 5.75 Å². The summed E-state index contributed by atoms with van der Waals surface area (Å²) in [6.07, 6.45) is 15.3. The number of unbranched alkanes of at least 4 members (excludes halogenated alkanes) is 2. The van der Waals surface area contributed by atoms with Crippen molar-refractivity contribution >= 4 is 5.91 Å². The average Bonchev–Trinajstić information content (AvgIpc) is 3.51. The van der Waals surface area contributed by atoms with Gasteiger partial charge in [-0.3, -0.25) is 9.78 Å². The van der Waals surface area contributed by atoms with Gasteiger partial charge in [0.05, 0.1) is 7.11 Å². The SMILES string of the molecule is CCCC[C@]1(c2ccc(OC)cc2)C[C@H]1C=CC(=O)NCCCCc1cccnc1. The van der Waals surface area contributed by atoms with Gasteiger partial charge in [-0.1, -0.05) is 44.0 Å². The third kappa shape index (κ3) is 5.94. The summed E-state index contributed by atoms with van der Waals surface area (Å²) in [5.41, 5.74) is 2.80. The van der Waals surface area contributed by atoms with Crippen molar-refractivity contribution in [1.29, 1.82) is 0 Å². The molecule has 3 rings (SSSR count). The minimum atomic E-state index is 0.0161. The zero-order chi connectivity index (χ0) is 21.2. The van der Waals surface area contributed by atoms with Crippen LogP contribution in [0.3, 0.4) is 0 Å². The first-order valence-electron chi connectivity index (χ1n) is 11.2. The van der Waals surface area contributed by atoms with Crippen LogP contribution in [0.25, 0.3) is 0 Å². The van der Waals surface area contributed by atoms with Gasteiger partial charge >= 0.3 is 0 Å². The summed E-state index contributed by atoms with van der Waals surface area (Å²) in [6.45, 7) is 2.95. The molecule has 1 amide bonds. The number of hydrogen-bond donors (Lipinski definition) is 1. The number of allylic oxidation sites excluding steroid dienone is 1. The van der Waals surface area contributed by atoms with E-state index in [2.05, 4.69) is 41.5 Å². The average molecular weight is 407 g/mol. The molecule has 2 aromatic rings. The second-order valence-electron chi connectivity index (χ2n) is 8.27. The Labute approximate surface area is 180 Å². The minimum absolute atomic E-state index is 0.0161. The number of aryl methyl sites for hydroxylation is 1. The summed E-state index contributed by atoms with van der Waals surface area (Å²) in [7, 11) is 1.70. The van der Waals surface area contributed by atoms with E-state index in [0.717, 1.165) is 31.4 Å². The van der Waals surface area contributed by atoms with Crippen LogP contribution in [0.1, 0.15) is 56.6 Å². The second-order valence-corrected chi connectivity index (χ2v) is 8.27. The van der Waals surface area contributed by atoms with E-state index < -0.39 is 0 Å². The molecule has 1 fully saturated rings. The molecule has 1 aromatic carbocycles. The van der Waals surface area contributed by atoms with E-state index in [9.17, 15) is 4.79 Å². The number of aromatic nitrogens is 1. The summed E-state index contributed by atoms with van der Waals surface area (Å²) in [5, 5.41) is 3.02. The van der Waals surface area contributed by atoms with Crippen LogP contribution in [0.15, 0.2) is 60.9 Å². The molecule has 0 bridgehead atoms. The van der Waals surface area contributed by atoms with Crippen molar-refractivity contribution in [2.24, 2.45) is 5.92 Å². The predicted octanol–water partition coefficient (Wildman–Crippen LogP) is 5.23. The highest BCUT2D eigenvalue weighted by molar-refractivity contribution is 5.87. The fourth-order valence-corrected chi connectivity index (χ4v) is 4.24. The van der Waals surface area contributed by atoms with Gasteiger partial charge in [-0.05, 0) is 73.4 Å². The molecule has 0 spiro atoms. The number of methoxy groups -OCH3 is 1. The largest absolute Gasteiger partial charge is 0.497 e. The summed E-state index contributed by atoms with van der Waals surface area (Å²) in [5.74, 6) is 1.34. The maximum Gasteiger partial charge on any atom is 0.243 e. The Hall–Kier alpha value is -2.62. The first kappa shape index (κ1) is 22.1. The highest BCUT2D eigenvalue weighted by Gasteiger charge is 2.52. The summed E-state index contributed by atoms with van der Waals surface area (Å²) in [4.78, 5) is 16.4. The molecule has 30 heavy (non-hydrogen) atoms. The van der Waals surface area contributed by atoms with E-state index in [-0.39, 0.29) is 11.3 Å². The Balaban J connectivity index is 1.45. The lowest BCUT2D eigenvalue weighted by Crippen LogP contribution is -2.22. The second kappa shape index (κ2) is 11.0. The molecule has 1 aliphatic rings. The molecule has 1 N–H and O–H groups in total. The molecule has 4 nitrogen and oxygen atoms in total. The van der Waals surface area contributed by atoms with E-state index in [1.807, 2.05) is 24.4 Å². The Morgan fingerprint density at radius 1 is 1.23 bits per heavy atom. The molecule has 1 aliphatic carbocycles. The molecule has 0 saturated heterocycles. The number of carbonyl (C=O) groups is 1. The van der Waals surface area contributed by atoms with Gasteiger partial charge in [0.25, 0.3) is 0 Å². The highest BCUT2D eigenvalue weighted by atomic mass is 16.5. The van der Waals surface area contributed by atoms with Gasteiger partial charge in [0.2, 0.25) is 5.91 Å². The van der Waals surface area contributed by atoms with Crippen molar-refractivity contribution in [1.82, 2.24) is 10.3 Å². The van der Waals surface area contributed by atoms with Gasteiger partial charge in [-0.2, -0.15) is 0 Å². The lowest BCUT2D eigenvalue weighted by Gasteiger charge is -2.17. The van der Waals surface area contributed by atoms with Gasteiger partial charge in [-0.15, -0.1) is 0 Å². The number of hydrogen-bond acceptors (Lipinski definition) is 3. The number of benzene rings is 1. The van der Waals surface area contributed by atoms with Gasteiger partial charge in [0, 0.05) is 24.4 Å². The molecular formula is C26H34N2O2.